The first-order chi connectivity index (χ1) is 8.11. The summed E-state index contributed by atoms with van der Waals surface area (Å²) in [6, 6.07) is 11.1. The fraction of sp³-hybridized carbons (Fsp3) is 0.143. The second kappa shape index (κ2) is 4.76. The predicted molar refractivity (Wildman–Crippen MR) is 70.6 cm³/mol. The smallest absolute Gasteiger partial charge is 0.148 e. The Hall–Kier alpha value is -1.54. The number of hydrogen-bond donors (Lipinski definition) is 1. The number of hydrogen-bond acceptors (Lipinski definition) is 1. The Morgan fingerprint density at radius 3 is 2.59 bits per heavy atom. The zero-order valence-electron chi connectivity index (χ0n) is 9.50. The lowest BCUT2D eigenvalue weighted by molar-refractivity contribution is 0.633. The monoisotopic (exact) mass is 249 g/mol. The maximum atomic E-state index is 13.5. The van der Waals surface area contributed by atoms with Crippen molar-refractivity contribution in [2.75, 3.05) is 5.73 Å². The fourth-order valence-electron chi connectivity index (χ4n) is 1.72. The Morgan fingerprint density at radius 1 is 1.18 bits per heavy atom. The normalized spacial score (nSPS) is 10.5. The molecule has 0 aliphatic heterocycles. The van der Waals surface area contributed by atoms with Gasteiger partial charge in [0.15, 0.2) is 0 Å². The maximum Gasteiger partial charge on any atom is 0.148 e. The molecule has 0 fully saturated rings. The number of anilines is 1. The Labute approximate surface area is 105 Å². The summed E-state index contributed by atoms with van der Waals surface area (Å²) in [6.45, 7) is 2.08. The molecular weight excluding hydrogens is 237 g/mol. The molecule has 3 heteroatoms. The largest absolute Gasteiger partial charge is 0.395 e. The number of benzene rings is 2. The predicted octanol–water partition coefficient (Wildman–Crippen LogP) is 4.29. The summed E-state index contributed by atoms with van der Waals surface area (Å²) in [5, 5.41) is 0.252. The van der Waals surface area contributed by atoms with E-state index in [1.165, 1.54) is 11.6 Å². The number of nitrogens with two attached hydrogens (primary N) is 1. The van der Waals surface area contributed by atoms with Gasteiger partial charge in [-0.1, -0.05) is 42.8 Å². The SMILES string of the molecule is CCc1cccc(-c2cc(F)c(N)c(Cl)c2)c1. The molecule has 2 aromatic rings. The standard InChI is InChI=1S/C14H13ClFN/c1-2-9-4-3-5-10(6-9)11-7-12(15)14(17)13(16)8-11/h3-8H,2,17H2,1H3. The first-order valence-electron chi connectivity index (χ1n) is 5.45. The molecule has 0 bridgehead atoms. The van der Waals surface area contributed by atoms with Crippen LogP contribution in [0.1, 0.15) is 12.5 Å². The van der Waals surface area contributed by atoms with Crippen LogP contribution < -0.4 is 5.73 Å². The molecule has 2 rings (SSSR count). The lowest BCUT2D eigenvalue weighted by atomic mass is 10.0. The fourth-order valence-corrected chi connectivity index (χ4v) is 1.93. The van der Waals surface area contributed by atoms with E-state index in [0.717, 1.165) is 17.5 Å². The highest BCUT2D eigenvalue weighted by Gasteiger charge is 2.07. The molecule has 0 saturated carbocycles. The average molecular weight is 250 g/mol. The highest BCUT2D eigenvalue weighted by atomic mass is 35.5. The van der Waals surface area contributed by atoms with E-state index in [1.54, 1.807) is 6.07 Å². The maximum absolute atomic E-state index is 13.5. The molecule has 0 atom stereocenters. The molecule has 2 aromatic carbocycles. The van der Waals surface area contributed by atoms with E-state index in [4.69, 9.17) is 17.3 Å². The van der Waals surface area contributed by atoms with Crippen LogP contribution in [0.25, 0.3) is 11.1 Å². The van der Waals surface area contributed by atoms with Gasteiger partial charge < -0.3 is 5.73 Å². The first-order valence-corrected chi connectivity index (χ1v) is 5.83. The van der Waals surface area contributed by atoms with Gasteiger partial charge in [-0.2, -0.15) is 0 Å². The molecule has 88 valence electrons. The van der Waals surface area contributed by atoms with Crippen molar-refractivity contribution in [1.29, 1.82) is 0 Å². The number of nitrogen functional groups attached to an aromatic ring is 1. The minimum atomic E-state index is -0.477. The molecule has 1 nitrogen and oxygen atoms in total. The summed E-state index contributed by atoms with van der Waals surface area (Å²) in [5.41, 5.74) is 8.38. The van der Waals surface area contributed by atoms with Crippen LogP contribution in [0, 0.1) is 5.82 Å². The van der Waals surface area contributed by atoms with Crippen molar-refractivity contribution in [3.8, 4) is 11.1 Å². The van der Waals surface area contributed by atoms with Gasteiger partial charge in [0, 0.05) is 0 Å². The van der Waals surface area contributed by atoms with E-state index in [-0.39, 0.29) is 10.7 Å². The summed E-state index contributed by atoms with van der Waals surface area (Å²) < 4.78 is 13.5. The van der Waals surface area contributed by atoms with Crippen molar-refractivity contribution < 1.29 is 4.39 Å². The van der Waals surface area contributed by atoms with Gasteiger partial charge in [-0.05, 0) is 35.2 Å². The van der Waals surface area contributed by atoms with Crippen molar-refractivity contribution in [3.05, 3.63) is 52.8 Å². The second-order valence-electron chi connectivity index (χ2n) is 3.91. The highest BCUT2D eigenvalue weighted by Crippen LogP contribution is 2.30. The van der Waals surface area contributed by atoms with Crippen LogP contribution in [-0.4, -0.2) is 0 Å². The van der Waals surface area contributed by atoms with Gasteiger partial charge in [-0.15, -0.1) is 0 Å². The van der Waals surface area contributed by atoms with Crippen LogP contribution >= 0.6 is 11.6 Å². The van der Waals surface area contributed by atoms with Crippen LogP contribution in [0.5, 0.6) is 0 Å². The Bertz CT molecular complexity index is 529. The molecule has 0 unspecified atom stereocenters. The summed E-state index contributed by atoms with van der Waals surface area (Å²) in [6.07, 6.45) is 0.943. The summed E-state index contributed by atoms with van der Waals surface area (Å²) >= 11 is 5.88. The lowest BCUT2D eigenvalue weighted by Gasteiger charge is -2.07. The highest BCUT2D eigenvalue weighted by molar-refractivity contribution is 6.33. The topological polar surface area (TPSA) is 26.0 Å². The van der Waals surface area contributed by atoms with E-state index in [1.807, 2.05) is 24.3 Å². The molecule has 0 heterocycles. The molecule has 0 saturated heterocycles. The van der Waals surface area contributed by atoms with Crippen LogP contribution in [-0.2, 0) is 6.42 Å². The van der Waals surface area contributed by atoms with Crippen molar-refractivity contribution in [3.63, 3.8) is 0 Å². The van der Waals surface area contributed by atoms with Gasteiger partial charge in [0.05, 0.1) is 10.7 Å². The van der Waals surface area contributed by atoms with E-state index >= 15 is 0 Å². The van der Waals surface area contributed by atoms with Crippen molar-refractivity contribution >= 4 is 17.3 Å². The van der Waals surface area contributed by atoms with Crippen molar-refractivity contribution in [2.24, 2.45) is 0 Å². The molecule has 0 aliphatic carbocycles. The molecule has 0 aliphatic rings. The van der Waals surface area contributed by atoms with Gasteiger partial charge >= 0.3 is 0 Å². The molecule has 0 radical (unpaired) electrons. The minimum absolute atomic E-state index is 0.00191. The average Bonchev–Trinajstić information content (AvgIpc) is 2.35. The van der Waals surface area contributed by atoms with Gasteiger partial charge in [0.1, 0.15) is 5.82 Å². The Kier molecular flexibility index (Phi) is 3.34. The third-order valence-corrected chi connectivity index (χ3v) is 3.06. The zero-order chi connectivity index (χ0) is 12.4. The zero-order valence-corrected chi connectivity index (χ0v) is 10.3. The molecule has 17 heavy (non-hydrogen) atoms. The molecule has 2 N–H and O–H groups in total. The summed E-state index contributed by atoms with van der Waals surface area (Å²) in [4.78, 5) is 0. The Morgan fingerprint density at radius 2 is 1.94 bits per heavy atom. The number of rotatable bonds is 2. The van der Waals surface area contributed by atoms with E-state index in [9.17, 15) is 4.39 Å². The number of halogens is 2. The van der Waals surface area contributed by atoms with Crippen LogP contribution in [0.3, 0.4) is 0 Å². The van der Waals surface area contributed by atoms with E-state index < -0.39 is 5.82 Å². The molecule has 0 aromatic heterocycles. The second-order valence-corrected chi connectivity index (χ2v) is 4.31. The van der Waals surface area contributed by atoms with Crippen molar-refractivity contribution in [2.45, 2.75) is 13.3 Å². The summed E-state index contributed by atoms with van der Waals surface area (Å²) in [7, 11) is 0. The molecule has 0 spiro atoms. The van der Waals surface area contributed by atoms with Gasteiger partial charge in [-0.25, -0.2) is 4.39 Å². The molecule has 0 amide bonds. The third-order valence-electron chi connectivity index (χ3n) is 2.75. The van der Waals surface area contributed by atoms with E-state index in [2.05, 4.69) is 6.92 Å². The first kappa shape index (κ1) is 11.9. The quantitative estimate of drug-likeness (QED) is 0.790. The van der Waals surface area contributed by atoms with Crippen LogP contribution in [0.4, 0.5) is 10.1 Å². The van der Waals surface area contributed by atoms with Gasteiger partial charge in [0.2, 0.25) is 0 Å². The van der Waals surface area contributed by atoms with Crippen molar-refractivity contribution in [1.82, 2.24) is 0 Å². The number of aryl methyl sites for hydroxylation is 1. The minimum Gasteiger partial charge on any atom is -0.395 e. The van der Waals surface area contributed by atoms with Crippen LogP contribution in [0.15, 0.2) is 36.4 Å². The summed E-state index contributed by atoms with van der Waals surface area (Å²) in [5.74, 6) is -0.477. The molecular formula is C14H13ClFN. The Balaban J connectivity index is 2.52. The third kappa shape index (κ3) is 2.42. The van der Waals surface area contributed by atoms with Gasteiger partial charge in [-0.3, -0.25) is 0 Å². The lowest BCUT2D eigenvalue weighted by Crippen LogP contribution is -1.93. The van der Waals surface area contributed by atoms with Gasteiger partial charge in [0.25, 0.3) is 0 Å². The van der Waals surface area contributed by atoms with E-state index in [0.29, 0.717) is 0 Å². The van der Waals surface area contributed by atoms with Crippen LogP contribution in [0.2, 0.25) is 5.02 Å².